The van der Waals surface area contributed by atoms with Gasteiger partial charge in [0, 0.05) is 5.02 Å². The lowest BCUT2D eigenvalue weighted by atomic mass is 10.1. The number of benzene rings is 1. The summed E-state index contributed by atoms with van der Waals surface area (Å²) >= 11 is 5.89. The second kappa shape index (κ2) is 8.40. The van der Waals surface area contributed by atoms with Gasteiger partial charge in [-0.2, -0.15) is 0 Å². The molecule has 4 heteroatoms. The van der Waals surface area contributed by atoms with Crippen molar-refractivity contribution in [2.45, 2.75) is 45.1 Å². The number of carbonyl (C=O) groups excluding carboxylic acids is 1. The minimum Gasteiger partial charge on any atom is -0.345 e. The largest absolute Gasteiger partial charge is 0.345 e. The average Bonchev–Trinajstić information content (AvgIpc) is 2.42. The number of amides is 1. The van der Waals surface area contributed by atoms with Crippen molar-refractivity contribution in [1.29, 1.82) is 0 Å². The van der Waals surface area contributed by atoms with Gasteiger partial charge in [0.1, 0.15) is 0 Å². The first-order valence-corrected chi connectivity index (χ1v) is 8.41. The summed E-state index contributed by atoms with van der Waals surface area (Å²) in [7, 11) is 0. The normalized spacial score (nSPS) is 18.6. The molecule has 1 aromatic rings. The zero-order valence-electron chi connectivity index (χ0n) is 12.8. The molecule has 1 saturated heterocycles. The van der Waals surface area contributed by atoms with Gasteiger partial charge in [-0.1, -0.05) is 30.2 Å². The Morgan fingerprint density at radius 3 is 2.33 bits per heavy atom. The zero-order chi connectivity index (χ0) is 15.1. The van der Waals surface area contributed by atoms with Gasteiger partial charge in [0.05, 0.1) is 19.1 Å². The third kappa shape index (κ3) is 5.68. The quantitative estimate of drug-likeness (QED) is 0.879. The Labute approximate surface area is 132 Å². The van der Waals surface area contributed by atoms with Crippen LogP contribution in [0.2, 0.25) is 5.02 Å². The van der Waals surface area contributed by atoms with Gasteiger partial charge in [-0.3, -0.25) is 4.79 Å². The molecule has 1 aliphatic rings. The van der Waals surface area contributed by atoms with E-state index in [1.807, 2.05) is 31.2 Å². The van der Waals surface area contributed by atoms with Crippen LogP contribution in [0.15, 0.2) is 24.3 Å². The number of likely N-dealkylation sites (tertiary alicyclic amines) is 1. The molecule has 116 valence electrons. The van der Waals surface area contributed by atoms with Gasteiger partial charge < -0.3 is 10.2 Å². The van der Waals surface area contributed by atoms with E-state index < -0.39 is 0 Å². The highest BCUT2D eigenvalue weighted by Gasteiger charge is 2.17. The molecule has 0 aromatic heterocycles. The maximum atomic E-state index is 12.2. The number of quaternary nitrogens is 1. The Bertz CT molecular complexity index is 439. The molecule has 1 heterocycles. The first kappa shape index (κ1) is 16.3. The van der Waals surface area contributed by atoms with Crippen LogP contribution in [0.25, 0.3) is 0 Å². The predicted molar refractivity (Wildman–Crippen MR) is 86.7 cm³/mol. The Morgan fingerprint density at radius 1 is 1.14 bits per heavy atom. The summed E-state index contributed by atoms with van der Waals surface area (Å²) in [5, 5.41) is 3.82. The van der Waals surface area contributed by atoms with E-state index in [1.165, 1.54) is 37.0 Å². The Balaban J connectivity index is 1.81. The maximum absolute atomic E-state index is 12.2. The summed E-state index contributed by atoms with van der Waals surface area (Å²) in [5.74, 6) is 0.146. The smallest absolute Gasteiger partial charge is 0.275 e. The predicted octanol–water partition coefficient (Wildman–Crippen LogP) is 2.37. The molecule has 0 spiro atoms. The molecule has 1 aromatic carbocycles. The third-order valence-corrected chi connectivity index (χ3v) is 4.47. The molecule has 1 fully saturated rings. The Kier molecular flexibility index (Phi) is 6.52. The van der Waals surface area contributed by atoms with Gasteiger partial charge in [-0.25, -0.2) is 0 Å². The molecular weight excluding hydrogens is 284 g/mol. The van der Waals surface area contributed by atoms with Gasteiger partial charge in [0.2, 0.25) is 0 Å². The Hall–Kier alpha value is -1.06. The van der Waals surface area contributed by atoms with E-state index in [4.69, 9.17) is 11.6 Å². The highest BCUT2D eigenvalue weighted by molar-refractivity contribution is 6.30. The summed E-state index contributed by atoms with van der Waals surface area (Å²) in [6, 6.07) is 7.70. The summed E-state index contributed by atoms with van der Waals surface area (Å²) < 4.78 is 0. The standard InChI is InChI=1S/C17H25ClN2O/c1-14(15-7-9-16(18)10-8-15)19-17(21)13-20-11-5-3-2-4-6-12-20/h7-10,14H,2-6,11-13H2,1H3,(H,19,21)/p+1/t14-/m0/s1. The minimum absolute atomic E-state index is 0.0314. The number of hydrogen-bond donors (Lipinski definition) is 2. The fourth-order valence-electron chi connectivity index (χ4n) is 2.94. The first-order chi connectivity index (χ1) is 10.1. The van der Waals surface area contributed by atoms with E-state index in [-0.39, 0.29) is 11.9 Å². The SMILES string of the molecule is C[C@H](NC(=O)C[NH+]1CCCCCCC1)c1ccc(Cl)cc1. The molecule has 1 aliphatic heterocycles. The molecule has 2 rings (SSSR count). The summed E-state index contributed by atoms with van der Waals surface area (Å²) in [6.07, 6.45) is 6.47. The molecule has 1 amide bonds. The van der Waals surface area contributed by atoms with Gasteiger partial charge in [-0.15, -0.1) is 0 Å². The van der Waals surface area contributed by atoms with E-state index in [2.05, 4.69) is 5.32 Å². The Morgan fingerprint density at radius 2 is 1.71 bits per heavy atom. The third-order valence-electron chi connectivity index (χ3n) is 4.22. The number of halogens is 1. The van der Waals surface area contributed by atoms with Gasteiger partial charge >= 0.3 is 0 Å². The van der Waals surface area contributed by atoms with E-state index in [9.17, 15) is 4.79 Å². The molecule has 21 heavy (non-hydrogen) atoms. The summed E-state index contributed by atoms with van der Waals surface area (Å²) in [5.41, 5.74) is 1.09. The minimum atomic E-state index is 0.0314. The lowest BCUT2D eigenvalue weighted by molar-refractivity contribution is -0.893. The van der Waals surface area contributed by atoms with Crippen LogP contribution in [0.5, 0.6) is 0 Å². The van der Waals surface area contributed by atoms with Crippen molar-refractivity contribution in [3.63, 3.8) is 0 Å². The highest BCUT2D eigenvalue weighted by Crippen LogP contribution is 2.15. The fourth-order valence-corrected chi connectivity index (χ4v) is 3.06. The summed E-state index contributed by atoms with van der Waals surface area (Å²) in [6.45, 7) is 4.87. The van der Waals surface area contributed by atoms with Gasteiger partial charge in [0.15, 0.2) is 6.54 Å². The number of nitrogens with one attached hydrogen (secondary N) is 2. The van der Waals surface area contributed by atoms with E-state index >= 15 is 0 Å². The van der Waals surface area contributed by atoms with Crippen LogP contribution >= 0.6 is 11.6 Å². The number of rotatable bonds is 4. The van der Waals surface area contributed by atoms with Crippen molar-refractivity contribution in [3.05, 3.63) is 34.9 Å². The molecule has 0 radical (unpaired) electrons. The van der Waals surface area contributed by atoms with Gasteiger partial charge in [-0.05, 0) is 50.3 Å². The molecule has 3 nitrogen and oxygen atoms in total. The topological polar surface area (TPSA) is 33.5 Å². The van der Waals surface area contributed by atoms with Crippen LogP contribution in [0, 0.1) is 0 Å². The van der Waals surface area contributed by atoms with E-state index in [0.717, 1.165) is 23.7 Å². The molecule has 0 aliphatic carbocycles. The van der Waals surface area contributed by atoms with Crippen molar-refractivity contribution in [2.24, 2.45) is 0 Å². The van der Waals surface area contributed by atoms with E-state index in [0.29, 0.717) is 6.54 Å². The van der Waals surface area contributed by atoms with Crippen molar-refractivity contribution < 1.29 is 9.69 Å². The lowest BCUT2D eigenvalue weighted by Crippen LogP contribution is -3.13. The highest BCUT2D eigenvalue weighted by atomic mass is 35.5. The number of hydrogen-bond acceptors (Lipinski definition) is 1. The molecule has 0 saturated carbocycles. The fraction of sp³-hybridized carbons (Fsp3) is 0.588. The van der Waals surface area contributed by atoms with Gasteiger partial charge in [0.25, 0.3) is 5.91 Å². The summed E-state index contributed by atoms with van der Waals surface area (Å²) in [4.78, 5) is 13.6. The van der Waals surface area contributed by atoms with Crippen LogP contribution in [0.4, 0.5) is 0 Å². The molecule has 1 atom stereocenters. The second-order valence-corrected chi connectivity index (χ2v) is 6.47. The maximum Gasteiger partial charge on any atom is 0.275 e. The lowest BCUT2D eigenvalue weighted by Gasteiger charge is -2.22. The molecule has 0 bridgehead atoms. The van der Waals surface area contributed by atoms with Crippen LogP contribution in [0.3, 0.4) is 0 Å². The van der Waals surface area contributed by atoms with Crippen molar-refractivity contribution in [3.8, 4) is 0 Å². The van der Waals surface area contributed by atoms with Crippen LogP contribution < -0.4 is 10.2 Å². The van der Waals surface area contributed by atoms with Crippen LogP contribution in [-0.4, -0.2) is 25.5 Å². The number of carbonyl (C=O) groups is 1. The zero-order valence-corrected chi connectivity index (χ0v) is 13.6. The molecule has 0 unspecified atom stereocenters. The van der Waals surface area contributed by atoms with Crippen LogP contribution in [-0.2, 0) is 4.79 Å². The molecule has 2 N–H and O–H groups in total. The van der Waals surface area contributed by atoms with E-state index in [1.54, 1.807) is 0 Å². The van der Waals surface area contributed by atoms with Crippen molar-refractivity contribution in [1.82, 2.24) is 5.32 Å². The second-order valence-electron chi connectivity index (χ2n) is 6.04. The first-order valence-electron chi connectivity index (χ1n) is 8.03. The monoisotopic (exact) mass is 309 g/mol. The molecular formula is C17H26ClN2O+. The van der Waals surface area contributed by atoms with Crippen LogP contribution in [0.1, 0.15) is 50.6 Å². The average molecular weight is 310 g/mol. The van der Waals surface area contributed by atoms with Crippen molar-refractivity contribution in [2.75, 3.05) is 19.6 Å². The van der Waals surface area contributed by atoms with Crippen molar-refractivity contribution >= 4 is 17.5 Å².